The van der Waals surface area contributed by atoms with E-state index in [2.05, 4.69) is 10.3 Å². The average molecular weight is 427 g/mol. The van der Waals surface area contributed by atoms with E-state index in [0.29, 0.717) is 5.69 Å². The smallest absolute Gasteiger partial charge is 0.243 e. The summed E-state index contributed by atoms with van der Waals surface area (Å²) in [6.07, 6.45) is 6.32. The Kier molecular flexibility index (Phi) is 6.26. The minimum absolute atomic E-state index is 0.266. The number of sulfonamides is 1. The monoisotopic (exact) mass is 426 g/mol. The number of carbonyl (C=O) groups excluding carboxylic acids is 1. The lowest BCUT2D eigenvalue weighted by Crippen LogP contribution is -2.47. The summed E-state index contributed by atoms with van der Waals surface area (Å²) in [5.41, 5.74) is 4.14. The number of aryl methyl sites for hydroxylation is 2. The van der Waals surface area contributed by atoms with Gasteiger partial charge in [-0.2, -0.15) is 0 Å². The van der Waals surface area contributed by atoms with Crippen molar-refractivity contribution in [2.75, 3.05) is 10.6 Å². The zero-order valence-electron chi connectivity index (χ0n) is 17.5. The molecule has 0 saturated carbocycles. The van der Waals surface area contributed by atoms with Gasteiger partial charge in [-0.1, -0.05) is 24.3 Å². The highest BCUT2D eigenvalue weighted by molar-refractivity contribution is 7.92. The van der Waals surface area contributed by atoms with Crippen LogP contribution in [0.3, 0.4) is 0 Å². The molecule has 1 amide bonds. The van der Waals surface area contributed by atoms with Gasteiger partial charge in [-0.15, -0.1) is 0 Å². The molecule has 0 radical (unpaired) electrons. The van der Waals surface area contributed by atoms with Crippen molar-refractivity contribution in [1.29, 1.82) is 0 Å². The fourth-order valence-electron chi connectivity index (χ4n) is 3.53. The number of nitrogens with one attached hydrogen (secondary N) is 1. The van der Waals surface area contributed by atoms with E-state index in [9.17, 15) is 13.2 Å². The van der Waals surface area contributed by atoms with Crippen molar-refractivity contribution >= 4 is 21.6 Å². The maximum Gasteiger partial charge on any atom is 0.243 e. The van der Waals surface area contributed by atoms with E-state index in [1.54, 1.807) is 31.6 Å². The van der Waals surface area contributed by atoms with E-state index in [4.69, 9.17) is 0 Å². The topological polar surface area (TPSA) is 84.3 Å². The summed E-state index contributed by atoms with van der Waals surface area (Å²) in [6, 6.07) is 12.3. The molecule has 0 aliphatic rings. The molecule has 1 atom stereocenters. The molecule has 0 aliphatic heterocycles. The molecule has 0 fully saturated rings. The van der Waals surface area contributed by atoms with Gasteiger partial charge in [-0.3, -0.25) is 9.10 Å². The third kappa shape index (κ3) is 4.88. The van der Waals surface area contributed by atoms with Crippen LogP contribution in [0.25, 0.3) is 5.69 Å². The minimum Gasteiger partial charge on any atom is -0.350 e. The second kappa shape index (κ2) is 8.71. The Morgan fingerprint density at radius 2 is 1.83 bits per heavy atom. The molecule has 0 aliphatic carbocycles. The fourth-order valence-corrected chi connectivity index (χ4v) is 4.69. The first-order chi connectivity index (χ1) is 14.2. The molecular formula is C22H26N4O3S. The van der Waals surface area contributed by atoms with Gasteiger partial charge in [0, 0.05) is 18.9 Å². The first-order valence-corrected chi connectivity index (χ1v) is 11.4. The maximum atomic E-state index is 12.9. The fraction of sp³-hybridized carbons (Fsp3) is 0.273. The number of nitrogens with zero attached hydrogens (tertiary/aromatic N) is 3. The minimum atomic E-state index is -3.66. The molecule has 1 N–H and O–H groups in total. The van der Waals surface area contributed by atoms with Crippen LogP contribution in [0.15, 0.2) is 61.2 Å². The van der Waals surface area contributed by atoms with Crippen molar-refractivity contribution in [3.63, 3.8) is 0 Å². The van der Waals surface area contributed by atoms with E-state index in [1.807, 2.05) is 54.9 Å². The van der Waals surface area contributed by atoms with Crippen LogP contribution >= 0.6 is 0 Å². The summed E-state index contributed by atoms with van der Waals surface area (Å²) in [5.74, 6) is -0.375. The molecule has 0 saturated heterocycles. The van der Waals surface area contributed by atoms with E-state index >= 15 is 0 Å². The normalized spacial score (nSPS) is 12.4. The highest BCUT2D eigenvalue weighted by Gasteiger charge is 2.29. The number of hydrogen-bond acceptors (Lipinski definition) is 4. The summed E-state index contributed by atoms with van der Waals surface area (Å²) in [5, 5.41) is 2.87. The lowest BCUT2D eigenvalue weighted by Gasteiger charge is -2.29. The molecule has 3 rings (SSSR count). The van der Waals surface area contributed by atoms with Crippen LogP contribution in [0.4, 0.5) is 5.69 Å². The van der Waals surface area contributed by atoms with Gasteiger partial charge < -0.3 is 9.88 Å². The van der Waals surface area contributed by atoms with Crippen LogP contribution in [0.1, 0.15) is 23.6 Å². The van der Waals surface area contributed by atoms with E-state index < -0.39 is 16.1 Å². The van der Waals surface area contributed by atoms with Crippen LogP contribution < -0.4 is 9.62 Å². The average Bonchev–Trinajstić information content (AvgIpc) is 3.19. The largest absolute Gasteiger partial charge is 0.350 e. The molecule has 158 valence electrons. The molecule has 1 aromatic heterocycles. The van der Waals surface area contributed by atoms with Crippen LogP contribution in [0, 0.1) is 13.8 Å². The highest BCUT2D eigenvalue weighted by atomic mass is 32.2. The molecule has 3 aromatic rings. The number of benzene rings is 2. The second-order valence-electron chi connectivity index (χ2n) is 7.40. The van der Waals surface area contributed by atoms with E-state index in [1.165, 1.54) is 4.31 Å². The first-order valence-electron chi connectivity index (χ1n) is 9.58. The van der Waals surface area contributed by atoms with Gasteiger partial charge in [0.2, 0.25) is 15.9 Å². The van der Waals surface area contributed by atoms with Crippen molar-refractivity contribution in [2.24, 2.45) is 0 Å². The summed E-state index contributed by atoms with van der Waals surface area (Å²) in [7, 11) is -3.66. The Morgan fingerprint density at radius 3 is 2.43 bits per heavy atom. The van der Waals surface area contributed by atoms with Crippen molar-refractivity contribution in [1.82, 2.24) is 14.9 Å². The molecule has 0 unspecified atom stereocenters. The van der Waals surface area contributed by atoms with E-state index in [-0.39, 0.29) is 12.5 Å². The van der Waals surface area contributed by atoms with Gasteiger partial charge in [-0.25, -0.2) is 13.4 Å². The molecule has 0 bridgehead atoms. The van der Waals surface area contributed by atoms with Crippen molar-refractivity contribution in [3.05, 3.63) is 77.9 Å². The van der Waals surface area contributed by atoms with Crippen molar-refractivity contribution in [2.45, 2.75) is 33.4 Å². The first kappa shape index (κ1) is 21.6. The number of amides is 1. The van der Waals surface area contributed by atoms with Crippen LogP contribution in [0.5, 0.6) is 0 Å². The maximum absolute atomic E-state index is 12.9. The van der Waals surface area contributed by atoms with Crippen LogP contribution in [-0.2, 0) is 21.4 Å². The number of para-hydroxylation sites is 1. The number of carbonyl (C=O) groups is 1. The van der Waals surface area contributed by atoms with Crippen molar-refractivity contribution in [3.8, 4) is 5.69 Å². The van der Waals surface area contributed by atoms with Gasteiger partial charge in [0.15, 0.2) is 0 Å². The lowest BCUT2D eigenvalue weighted by atomic mass is 10.1. The predicted octanol–water partition coefficient (Wildman–Crippen LogP) is 2.96. The van der Waals surface area contributed by atoms with Crippen molar-refractivity contribution < 1.29 is 13.2 Å². The number of anilines is 1. The summed E-state index contributed by atoms with van der Waals surface area (Å²) >= 11 is 0. The van der Waals surface area contributed by atoms with Gasteiger partial charge >= 0.3 is 0 Å². The molecule has 30 heavy (non-hydrogen) atoms. The van der Waals surface area contributed by atoms with Gasteiger partial charge in [0.25, 0.3) is 0 Å². The quantitative estimate of drug-likeness (QED) is 0.630. The third-order valence-corrected chi connectivity index (χ3v) is 6.02. The second-order valence-corrected chi connectivity index (χ2v) is 9.26. The number of aromatic nitrogens is 2. The van der Waals surface area contributed by atoms with E-state index in [0.717, 1.165) is 28.6 Å². The van der Waals surface area contributed by atoms with Gasteiger partial charge in [-0.05, 0) is 55.7 Å². The Balaban J connectivity index is 1.82. The number of rotatable bonds is 7. The molecule has 7 nitrogen and oxygen atoms in total. The predicted molar refractivity (Wildman–Crippen MR) is 118 cm³/mol. The van der Waals surface area contributed by atoms with Crippen LogP contribution in [-0.4, -0.2) is 36.2 Å². The Bertz CT molecular complexity index is 1120. The molecule has 2 aromatic carbocycles. The molecule has 8 heteroatoms. The molecule has 0 spiro atoms. The third-order valence-electron chi connectivity index (χ3n) is 4.78. The summed E-state index contributed by atoms with van der Waals surface area (Å²) < 4.78 is 28.1. The summed E-state index contributed by atoms with van der Waals surface area (Å²) in [4.78, 5) is 17.0. The Hall–Kier alpha value is -3.13. The zero-order valence-corrected chi connectivity index (χ0v) is 18.3. The number of hydrogen-bond donors (Lipinski definition) is 1. The number of imidazole rings is 1. The highest BCUT2D eigenvalue weighted by Crippen LogP contribution is 2.24. The standard InChI is InChI=1S/C22H26N4O3S/c1-16-11-17(2)13-20(12-16)26(30(4,28)29)18(3)22(27)24-14-19-7-5-6-8-21(19)25-10-9-23-15-25/h5-13,15,18H,14H2,1-4H3,(H,24,27)/t18-/m1/s1. The zero-order chi connectivity index (χ0) is 21.9. The SMILES string of the molecule is Cc1cc(C)cc(N([C@H](C)C(=O)NCc2ccccc2-n2ccnc2)S(C)(=O)=O)c1. The van der Waals surface area contributed by atoms with Gasteiger partial charge in [0.1, 0.15) is 6.04 Å². The Labute approximate surface area is 177 Å². The Morgan fingerprint density at radius 1 is 1.17 bits per heavy atom. The molecule has 1 heterocycles. The van der Waals surface area contributed by atoms with Crippen LogP contribution in [0.2, 0.25) is 0 Å². The van der Waals surface area contributed by atoms with Gasteiger partial charge in [0.05, 0.1) is 24.0 Å². The summed E-state index contributed by atoms with van der Waals surface area (Å²) in [6.45, 7) is 5.65. The molecular weight excluding hydrogens is 400 g/mol. The lowest BCUT2D eigenvalue weighted by molar-refractivity contribution is -0.122.